The summed E-state index contributed by atoms with van der Waals surface area (Å²) < 4.78 is 4.90. The Morgan fingerprint density at radius 1 is 1.14 bits per heavy atom. The van der Waals surface area contributed by atoms with Crippen molar-refractivity contribution in [2.24, 2.45) is 0 Å². The Labute approximate surface area is 126 Å². The van der Waals surface area contributed by atoms with Gasteiger partial charge in [-0.1, -0.05) is 0 Å². The van der Waals surface area contributed by atoms with E-state index in [1.54, 1.807) is 31.2 Å². The Morgan fingerprint density at radius 3 is 2.29 bits per heavy atom. The highest BCUT2D eigenvalue weighted by Crippen LogP contribution is 2.11. The van der Waals surface area contributed by atoms with E-state index in [4.69, 9.17) is 4.74 Å². The Hall–Kier alpha value is -1.88. The number of hydrogen-bond acceptors (Lipinski definition) is 4. The molecule has 0 aliphatic carbocycles. The molecule has 116 valence electrons. The number of hydrogen-bond donors (Lipinski definition) is 2. The van der Waals surface area contributed by atoms with Crippen molar-refractivity contribution in [1.82, 2.24) is 5.32 Å². The second-order valence-corrected chi connectivity index (χ2v) is 5.77. The maximum Gasteiger partial charge on any atom is 0.338 e. The monoisotopic (exact) mass is 292 g/mol. The highest BCUT2D eigenvalue weighted by Gasteiger charge is 2.10. The molecule has 5 heteroatoms. The highest BCUT2D eigenvalue weighted by molar-refractivity contribution is 5.93. The first-order valence-electron chi connectivity index (χ1n) is 7.14. The third-order valence-electron chi connectivity index (χ3n) is 2.69. The lowest BCUT2D eigenvalue weighted by molar-refractivity contribution is -0.116. The number of carbonyl (C=O) groups is 2. The molecule has 1 amide bonds. The second-order valence-electron chi connectivity index (χ2n) is 5.77. The predicted octanol–water partition coefficient (Wildman–Crippen LogP) is 2.58. The number of rotatable bonds is 6. The van der Waals surface area contributed by atoms with Crippen molar-refractivity contribution in [1.29, 1.82) is 0 Å². The standard InChI is InChI=1S/C16H24N2O3/c1-5-21-15(20)12-6-8-13(9-7-12)18-14(19)10-11-17-16(2,3)4/h6-9,17H,5,10-11H2,1-4H3,(H,18,19). The van der Waals surface area contributed by atoms with Gasteiger partial charge in [0.05, 0.1) is 12.2 Å². The summed E-state index contributed by atoms with van der Waals surface area (Å²) in [6.07, 6.45) is 0.400. The topological polar surface area (TPSA) is 67.4 Å². The first kappa shape index (κ1) is 17.2. The predicted molar refractivity (Wildman–Crippen MR) is 83.4 cm³/mol. The number of carbonyl (C=O) groups excluding carboxylic acids is 2. The van der Waals surface area contributed by atoms with Gasteiger partial charge in [0.1, 0.15) is 0 Å². The third-order valence-corrected chi connectivity index (χ3v) is 2.69. The molecule has 0 bridgehead atoms. The summed E-state index contributed by atoms with van der Waals surface area (Å²) in [5.41, 5.74) is 1.15. The van der Waals surface area contributed by atoms with Gasteiger partial charge in [-0.25, -0.2) is 4.79 Å². The van der Waals surface area contributed by atoms with Crippen molar-refractivity contribution in [2.75, 3.05) is 18.5 Å². The van der Waals surface area contributed by atoms with Crippen LogP contribution >= 0.6 is 0 Å². The zero-order valence-corrected chi connectivity index (χ0v) is 13.2. The van der Waals surface area contributed by atoms with Gasteiger partial charge in [0.2, 0.25) is 5.91 Å². The molecular weight excluding hydrogens is 268 g/mol. The molecular formula is C16H24N2O3. The second kappa shape index (κ2) is 7.78. The van der Waals surface area contributed by atoms with Crippen LogP contribution in [0.15, 0.2) is 24.3 Å². The van der Waals surface area contributed by atoms with Crippen molar-refractivity contribution in [3.63, 3.8) is 0 Å². The van der Waals surface area contributed by atoms with E-state index in [1.165, 1.54) is 0 Å². The van der Waals surface area contributed by atoms with Gasteiger partial charge in [-0.2, -0.15) is 0 Å². The average Bonchev–Trinajstić information content (AvgIpc) is 2.38. The van der Waals surface area contributed by atoms with Crippen LogP contribution in [0.5, 0.6) is 0 Å². The quantitative estimate of drug-likeness (QED) is 0.791. The molecule has 0 saturated carbocycles. The first-order valence-corrected chi connectivity index (χ1v) is 7.14. The number of anilines is 1. The lowest BCUT2D eigenvalue weighted by Crippen LogP contribution is -2.37. The van der Waals surface area contributed by atoms with Crippen LogP contribution in [-0.2, 0) is 9.53 Å². The lowest BCUT2D eigenvalue weighted by atomic mass is 10.1. The maximum absolute atomic E-state index is 11.8. The molecule has 1 rings (SSSR count). The molecule has 0 radical (unpaired) electrons. The first-order chi connectivity index (χ1) is 9.81. The van der Waals surface area contributed by atoms with Crippen molar-refractivity contribution in [3.8, 4) is 0 Å². The van der Waals surface area contributed by atoms with Crippen LogP contribution in [-0.4, -0.2) is 30.6 Å². The fraction of sp³-hybridized carbons (Fsp3) is 0.500. The zero-order chi connectivity index (χ0) is 15.9. The molecule has 0 aliphatic rings. The molecule has 21 heavy (non-hydrogen) atoms. The zero-order valence-electron chi connectivity index (χ0n) is 13.2. The molecule has 0 saturated heterocycles. The Morgan fingerprint density at radius 2 is 1.76 bits per heavy atom. The van der Waals surface area contributed by atoms with Gasteiger partial charge in [-0.3, -0.25) is 4.79 Å². The SMILES string of the molecule is CCOC(=O)c1ccc(NC(=O)CCNC(C)(C)C)cc1. The molecule has 2 N–H and O–H groups in total. The van der Waals surface area contributed by atoms with Gasteiger partial charge in [0.15, 0.2) is 0 Å². The van der Waals surface area contributed by atoms with Gasteiger partial charge >= 0.3 is 5.97 Å². The highest BCUT2D eigenvalue weighted by atomic mass is 16.5. The van der Waals surface area contributed by atoms with Crippen molar-refractivity contribution in [3.05, 3.63) is 29.8 Å². The molecule has 0 spiro atoms. The minimum atomic E-state index is -0.357. The molecule has 0 aromatic heterocycles. The van der Waals surface area contributed by atoms with E-state index in [9.17, 15) is 9.59 Å². The van der Waals surface area contributed by atoms with Gasteiger partial charge in [-0.15, -0.1) is 0 Å². The molecule has 0 fully saturated rings. The van der Waals surface area contributed by atoms with E-state index in [1.807, 2.05) is 0 Å². The van der Waals surface area contributed by atoms with Crippen molar-refractivity contribution < 1.29 is 14.3 Å². The number of ether oxygens (including phenoxy) is 1. The number of benzene rings is 1. The van der Waals surface area contributed by atoms with Crippen LogP contribution in [0.25, 0.3) is 0 Å². The van der Waals surface area contributed by atoms with Crippen LogP contribution < -0.4 is 10.6 Å². The minimum absolute atomic E-state index is 0.00156. The number of nitrogens with one attached hydrogen (secondary N) is 2. The lowest BCUT2D eigenvalue weighted by Gasteiger charge is -2.20. The van der Waals surface area contributed by atoms with Gasteiger partial charge < -0.3 is 15.4 Å². The van der Waals surface area contributed by atoms with Crippen molar-refractivity contribution in [2.45, 2.75) is 39.7 Å². The van der Waals surface area contributed by atoms with Crippen molar-refractivity contribution >= 4 is 17.6 Å². The molecule has 5 nitrogen and oxygen atoms in total. The number of amides is 1. The fourth-order valence-corrected chi connectivity index (χ4v) is 1.68. The van der Waals surface area contributed by atoms with Gasteiger partial charge in [0, 0.05) is 24.2 Å². The normalized spacial score (nSPS) is 11.0. The van der Waals surface area contributed by atoms with E-state index in [-0.39, 0.29) is 17.4 Å². The molecule has 0 unspecified atom stereocenters. The maximum atomic E-state index is 11.8. The van der Waals surface area contributed by atoms with E-state index >= 15 is 0 Å². The Bertz CT molecular complexity index is 475. The summed E-state index contributed by atoms with van der Waals surface area (Å²) >= 11 is 0. The number of esters is 1. The van der Waals surface area contributed by atoms with E-state index in [0.717, 1.165) is 0 Å². The molecule has 0 atom stereocenters. The smallest absolute Gasteiger partial charge is 0.338 e. The Kier molecular flexibility index (Phi) is 6.37. The summed E-state index contributed by atoms with van der Waals surface area (Å²) in [6, 6.07) is 6.67. The minimum Gasteiger partial charge on any atom is -0.462 e. The largest absolute Gasteiger partial charge is 0.462 e. The van der Waals surface area contributed by atoms with E-state index in [2.05, 4.69) is 31.4 Å². The van der Waals surface area contributed by atoms with Gasteiger partial charge in [-0.05, 0) is 52.0 Å². The van der Waals surface area contributed by atoms with Crippen LogP contribution in [0.4, 0.5) is 5.69 Å². The summed E-state index contributed by atoms with van der Waals surface area (Å²) in [5.74, 6) is -0.416. The fourth-order valence-electron chi connectivity index (χ4n) is 1.68. The third kappa shape index (κ3) is 6.90. The molecule has 1 aromatic carbocycles. The van der Waals surface area contributed by atoms with Gasteiger partial charge in [0.25, 0.3) is 0 Å². The van der Waals surface area contributed by atoms with Crippen LogP contribution in [0.3, 0.4) is 0 Å². The van der Waals surface area contributed by atoms with E-state index in [0.29, 0.717) is 30.8 Å². The molecule has 0 aliphatic heterocycles. The summed E-state index contributed by atoms with van der Waals surface area (Å²) in [5, 5.41) is 6.05. The average molecular weight is 292 g/mol. The summed E-state index contributed by atoms with van der Waals surface area (Å²) in [6.45, 7) is 8.89. The van der Waals surface area contributed by atoms with Crippen LogP contribution in [0.2, 0.25) is 0 Å². The molecule has 1 aromatic rings. The summed E-state index contributed by atoms with van der Waals surface area (Å²) in [7, 11) is 0. The Balaban J connectivity index is 2.44. The molecule has 0 heterocycles. The van der Waals surface area contributed by atoms with Crippen LogP contribution in [0, 0.1) is 0 Å². The van der Waals surface area contributed by atoms with Crippen LogP contribution in [0.1, 0.15) is 44.5 Å². The summed E-state index contributed by atoms with van der Waals surface area (Å²) in [4.78, 5) is 23.3. The van der Waals surface area contributed by atoms with E-state index < -0.39 is 0 Å².